The van der Waals surface area contributed by atoms with Gasteiger partial charge < -0.3 is 15.8 Å². The molecule has 1 aromatic carbocycles. The average Bonchev–Trinajstić information content (AvgIpc) is 2.39. The molecule has 0 aromatic heterocycles. The molecule has 20 heavy (non-hydrogen) atoms. The summed E-state index contributed by atoms with van der Waals surface area (Å²) in [6.45, 7) is 3.57. The Morgan fingerprint density at radius 3 is 2.45 bits per heavy atom. The second kappa shape index (κ2) is 7.81. The highest BCUT2D eigenvalue weighted by molar-refractivity contribution is 5.97. The van der Waals surface area contributed by atoms with Crippen LogP contribution in [0.5, 0.6) is 0 Å². The first-order chi connectivity index (χ1) is 8.86. The number of amides is 1. The molecule has 0 aliphatic heterocycles. The van der Waals surface area contributed by atoms with E-state index in [-0.39, 0.29) is 29.6 Å². The normalized spacial score (nSPS) is 11.5. The highest BCUT2D eigenvalue weighted by Gasteiger charge is 2.19. The fraction of sp³-hybridized carbons (Fsp3) is 0.385. The lowest BCUT2D eigenvalue weighted by atomic mass is 10.0. The molecule has 0 bridgehead atoms. The van der Waals surface area contributed by atoms with E-state index in [1.807, 2.05) is 0 Å². The maximum Gasteiger partial charge on any atom is 0.337 e. The van der Waals surface area contributed by atoms with E-state index >= 15 is 0 Å². The van der Waals surface area contributed by atoms with E-state index in [9.17, 15) is 14.0 Å². The van der Waals surface area contributed by atoms with Crippen molar-refractivity contribution in [2.75, 3.05) is 12.4 Å². The van der Waals surface area contributed by atoms with Crippen molar-refractivity contribution in [3.63, 3.8) is 0 Å². The molecule has 112 valence electrons. The molecular weight excluding hydrogens is 287 g/mol. The van der Waals surface area contributed by atoms with Crippen molar-refractivity contribution in [3.8, 4) is 0 Å². The van der Waals surface area contributed by atoms with Crippen LogP contribution in [0.15, 0.2) is 18.2 Å². The van der Waals surface area contributed by atoms with Crippen molar-refractivity contribution < 1.29 is 18.7 Å². The van der Waals surface area contributed by atoms with E-state index in [1.165, 1.54) is 19.2 Å². The molecule has 0 saturated carbocycles. The second-order valence-electron chi connectivity index (χ2n) is 4.45. The van der Waals surface area contributed by atoms with Gasteiger partial charge in [-0.2, -0.15) is 0 Å². The quantitative estimate of drug-likeness (QED) is 0.833. The zero-order valence-electron chi connectivity index (χ0n) is 11.5. The third-order valence-electron chi connectivity index (χ3n) is 2.67. The van der Waals surface area contributed by atoms with Crippen molar-refractivity contribution in [2.24, 2.45) is 11.7 Å². The van der Waals surface area contributed by atoms with Gasteiger partial charge in [-0.1, -0.05) is 13.8 Å². The van der Waals surface area contributed by atoms with Crippen LogP contribution in [0.2, 0.25) is 0 Å². The minimum atomic E-state index is -0.749. The smallest absolute Gasteiger partial charge is 0.337 e. The van der Waals surface area contributed by atoms with Crippen LogP contribution in [0, 0.1) is 11.7 Å². The Morgan fingerprint density at radius 1 is 1.35 bits per heavy atom. The first kappa shape index (κ1) is 18.3. The Morgan fingerprint density at radius 2 is 1.95 bits per heavy atom. The van der Waals surface area contributed by atoms with E-state index in [2.05, 4.69) is 10.1 Å². The summed E-state index contributed by atoms with van der Waals surface area (Å²) < 4.78 is 18.1. The molecule has 3 N–H and O–H groups in total. The van der Waals surface area contributed by atoms with Crippen molar-refractivity contribution in [3.05, 3.63) is 29.6 Å². The molecular formula is C13H18ClFN2O3. The Labute approximate surface area is 123 Å². The predicted octanol–water partition coefficient (Wildman–Crippen LogP) is 1.96. The van der Waals surface area contributed by atoms with Gasteiger partial charge in [-0.3, -0.25) is 4.79 Å². The number of carbonyl (C=O) groups excluding carboxylic acids is 2. The zero-order chi connectivity index (χ0) is 14.6. The van der Waals surface area contributed by atoms with Gasteiger partial charge in [-0.15, -0.1) is 12.4 Å². The van der Waals surface area contributed by atoms with Crippen molar-refractivity contribution in [1.29, 1.82) is 0 Å². The van der Waals surface area contributed by atoms with Gasteiger partial charge in [-0.25, -0.2) is 9.18 Å². The number of methoxy groups -OCH3 is 1. The number of benzene rings is 1. The number of carbonyl (C=O) groups is 2. The van der Waals surface area contributed by atoms with Gasteiger partial charge in [0.25, 0.3) is 0 Å². The molecule has 0 radical (unpaired) electrons. The molecule has 1 rings (SSSR count). The molecule has 0 spiro atoms. The fourth-order valence-corrected chi connectivity index (χ4v) is 1.38. The molecule has 5 nitrogen and oxygen atoms in total. The number of anilines is 1. The fourth-order valence-electron chi connectivity index (χ4n) is 1.38. The summed E-state index contributed by atoms with van der Waals surface area (Å²) in [5.74, 6) is -1.83. The van der Waals surface area contributed by atoms with E-state index in [0.717, 1.165) is 6.07 Å². The third-order valence-corrected chi connectivity index (χ3v) is 2.67. The van der Waals surface area contributed by atoms with Crippen molar-refractivity contribution in [2.45, 2.75) is 19.9 Å². The summed E-state index contributed by atoms with van der Waals surface area (Å²) >= 11 is 0. The molecule has 1 unspecified atom stereocenters. The van der Waals surface area contributed by atoms with Gasteiger partial charge in [-0.05, 0) is 24.1 Å². The lowest BCUT2D eigenvalue weighted by Crippen LogP contribution is -2.39. The van der Waals surface area contributed by atoms with Gasteiger partial charge >= 0.3 is 5.97 Å². The van der Waals surface area contributed by atoms with Crippen LogP contribution < -0.4 is 11.1 Å². The van der Waals surface area contributed by atoms with Crippen molar-refractivity contribution in [1.82, 2.24) is 0 Å². The summed E-state index contributed by atoms with van der Waals surface area (Å²) in [6, 6.07) is 2.83. The number of nitrogens with one attached hydrogen (secondary N) is 1. The Bertz CT molecular complexity index is 495. The summed E-state index contributed by atoms with van der Waals surface area (Å²) in [6.07, 6.45) is 0. The van der Waals surface area contributed by atoms with E-state index < -0.39 is 23.7 Å². The summed E-state index contributed by atoms with van der Waals surface area (Å²) in [7, 11) is 1.22. The lowest BCUT2D eigenvalue weighted by Gasteiger charge is -2.16. The largest absolute Gasteiger partial charge is 0.465 e. The number of esters is 1. The molecule has 1 amide bonds. The topological polar surface area (TPSA) is 81.4 Å². The number of hydrogen-bond acceptors (Lipinski definition) is 4. The highest BCUT2D eigenvalue weighted by atomic mass is 35.5. The minimum Gasteiger partial charge on any atom is -0.465 e. The SMILES string of the molecule is COC(=O)c1ccc(F)c(NC(=O)C(N)C(C)C)c1.Cl. The van der Waals surface area contributed by atoms with Gasteiger partial charge in [0.05, 0.1) is 24.4 Å². The van der Waals surface area contributed by atoms with E-state index in [1.54, 1.807) is 13.8 Å². The van der Waals surface area contributed by atoms with Crippen LogP contribution >= 0.6 is 12.4 Å². The van der Waals surface area contributed by atoms with Crippen LogP contribution in [-0.4, -0.2) is 25.0 Å². The maximum absolute atomic E-state index is 13.6. The van der Waals surface area contributed by atoms with Crippen LogP contribution in [0.1, 0.15) is 24.2 Å². The third kappa shape index (κ3) is 4.47. The van der Waals surface area contributed by atoms with Crippen LogP contribution in [-0.2, 0) is 9.53 Å². The number of rotatable bonds is 4. The van der Waals surface area contributed by atoms with Crippen molar-refractivity contribution >= 4 is 30.0 Å². The maximum atomic E-state index is 13.6. The summed E-state index contributed by atoms with van der Waals surface area (Å²) in [5.41, 5.74) is 5.71. The van der Waals surface area contributed by atoms with E-state index in [0.29, 0.717) is 0 Å². The predicted molar refractivity (Wildman–Crippen MR) is 76.4 cm³/mol. The first-order valence-electron chi connectivity index (χ1n) is 5.81. The molecule has 1 atom stereocenters. The van der Waals surface area contributed by atoms with Crippen LogP contribution in [0.25, 0.3) is 0 Å². The molecule has 0 aliphatic rings. The monoisotopic (exact) mass is 304 g/mol. The summed E-state index contributed by atoms with van der Waals surface area (Å²) in [5, 5.41) is 2.36. The second-order valence-corrected chi connectivity index (χ2v) is 4.45. The molecule has 0 saturated heterocycles. The van der Waals surface area contributed by atoms with Gasteiger partial charge in [0, 0.05) is 0 Å². The number of ether oxygens (including phenoxy) is 1. The number of nitrogens with two attached hydrogens (primary N) is 1. The Balaban J connectivity index is 0.00000361. The van der Waals surface area contributed by atoms with Crippen LogP contribution in [0.4, 0.5) is 10.1 Å². The first-order valence-corrected chi connectivity index (χ1v) is 5.81. The number of hydrogen-bond donors (Lipinski definition) is 2. The van der Waals surface area contributed by atoms with Gasteiger partial charge in [0.15, 0.2) is 0 Å². The zero-order valence-corrected chi connectivity index (χ0v) is 12.3. The minimum absolute atomic E-state index is 0. The Hall–Kier alpha value is -1.66. The molecule has 0 fully saturated rings. The molecule has 0 heterocycles. The molecule has 1 aromatic rings. The summed E-state index contributed by atoms with van der Waals surface area (Å²) in [4.78, 5) is 23.1. The molecule has 0 aliphatic carbocycles. The average molecular weight is 305 g/mol. The van der Waals surface area contributed by atoms with Gasteiger partial charge in [0.2, 0.25) is 5.91 Å². The van der Waals surface area contributed by atoms with Crippen LogP contribution in [0.3, 0.4) is 0 Å². The number of halogens is 2. The standard InChI is InChI=1S/C13H17FN2O3.ClH/c1-7(2)11(15)12(17)16-10-6-8(13(18)19-3)4-5-9(10)14;/h4-7,11H,15H2,1-3H3,(H,16,17);1H. The van der Waals surface area contributed by atoms with E-state index in [4.69, 9.17) is 5.73 Å². The highest BCUT2D eigenvalue weighted by Crippen LogP contribution is 2.17. The lowest BCUT2D eigenvalue weighted by molar-refractivity contribution is -0.118. The molecule has 7 heteroatoms. The Kier molecular flexibility index (Phi) is 7.17. The van der Waals surface area contributed by atoms with Gasteiger partial charge in [0.1, 0.15) is 5.82 Å².